The zero-order chi connectivity index (χ0) is 15.1. The average molecular weight is 289 g/mol. The number of carbonyl (C=O) groups is 1. The van der Waals surface area contributed by atoms with Gasteiger partial charge in [-0.2, -0.15) is 0 Å². The zero-order valence-electron chi connectivity index (χ0n) is 13.2. The molecule has 1 aliphatic rings. The molecule has 1 aromatic carbocycles. The largest absolute Gasteiger partial charge is 0.350 e. The summed E-state index contributed by atoms with van der Waals surface area (Å²) in [6.45, 7) is 8.58. The van der Waals surface area contributed by atoms with Crippen molar-refractivity contribution in [1.82, 2.24) is 15.5 Å². The fourth-order valence-corrected chi connectivity index (χ4v) is 2.65. The van der Waals surface area contributed by atoms with Crippen LogP contribution < -0.4 is 10.6 Å². The quantitative estimate of drug-likeness (QED) is 0.832. The molecule has 1 aliphatic heterocycles. The lowest BCUT2D eigenvalue weighted by Gasteiger charge is -2.30. The monoisotopic (exact) mass is 289 g/mol. The van der Waals surface area contributed by atoms with Crippen LogP contribution in [0, 0.1) is 0 Å². The summed E-state index contributed by atoms with van der Waals surface area (Å²) in [5, 5.41) is 6.47. The minimum absolute atomic E-state index is 0.134. The summed E-state index contributed by atoms with van der Waals surface area (Å²) in [5.41, 5.74) is 1.16. The van der Waals surface area contributed by atoms with Gasteiger partial charge in [-0.05, 0) is 32.3 Å². The number of benzene rings is 1. The molecular weight excluding hydrogens is 262 g/mol. The van der Waals surface area contributed by atoms with Crippen LogP contribution in [0.1, 0.15) is 25.8 Å². The lowest BCUT2D eigenvalue weighted by Crippen LogP contribution is -2.51. The first-order valence-electron chi connectivity index (χ1n) is 7.83. The van der Waals surface area contributed by atoms with Crippen LogP contribution in [-0.4, -0.2) is 49.1 Å². The van der Waals surface area contributed by atoms with Crippen molar-refractivity contribution >= 4 is 5.91 Å². The molecule has 2 N–H and O–H groups in total. The number of amides is 1. The smallest absolute Gasteiger partial charge is 0.234 e. The van der Waals surface area contributed by atoms with Crippen molar-refractivity contribution < 1.29 is 4.79 Å². The second-order valence-corrected chi connectivity index (χ2v) is 6.44. The number of aryl methyl sites for hydroxylation is 1. The van der Waals surface area contributed by atoms with Gasteiger partial charge in [0.25, 0.3) is 0 Å². The maximum absolute atomic E-state index is 12.2. The fraction of sp³-hybridized carbons (Fsp3) is 0.588. The van der Waals surface area contributed by atoms with Gasteiger partial charge in [0.15, 0.2) is 0 Å². The molecular formula is C17H27N3O. The summed E-state index contributed by atoms with van der Waals surface area (Å²) in [4.78, 5) is 14.4. The Morgan fingerprint density at radius 2 is 1.90 bits per heavy atom. The van der Waals surface area contributed by atoms with Crippen molar-refractivity contribution in [2.75, 3.05) is 32.7 Å². The van der Waals surface area contributed by atoms with Crippen LogP contribution in [0.3, 0.4) is 0 Å². The molecule has 0 saturated carbocycles. The Morgan fingerprint density at radius 3 is 2.57 bits per heavy atom. The van der Waals surface area contributed by atoms with Crippen LogP contribution >= 0.6 is 0 Å². The predicted molar refractivity (Wildman–Crippen MR) is 86.3 cm³/mol. The van der Waals surface area contributed by atoms with Crippen LogP contribution in [0.5, 0.6) is 0 Å². The van der Waals surface area contributed by atoms with E-state index in [1.807, 2.05) is 6.07 Å². The molecule has 0 atom stereocenters. The van der Waals surface area contributed by atoms with Crippen molar-refractivity contribution in [3.63, 3.8) is 0 Å². The molecule has 0 bridgehead atoms. The second-order valence-electron chi connectivity index (χ2n) is 6.44. The maximum Gasteiger partial charge on any atom is 0.234 e. The first-order chi connectivity index (χ1) is 10.1. The van der Waals surface area contributed by atoms with Gasteiger partial charge in [-0.1, -0.05) is 30.3 Å². The number of hydrogen-bond acceptors (Lipinski definition) is 3. The summed E-state index contributed by atoms with van der Waals surface area (Å²) in [5.74, 6) is 0.134. The van der Waals surface area contributed by atoms with E-state index in [2.05, 4.69) is 53.6 Å². The third kappa shape index (κ3) is 5.86. The molecule has 0 radical (unpaired) electrons. The first kappa shape index (κ1) is 16.0. The molecule has 4 nitrogen and oxygen atoms in total. The Labute approximate surface area is 127 Å². The van der Waals surface area contributed by atoms with Crippen molar-refractivity contribution in [2.24, 2.45) is 0 Å². The fourth-order valence-electron chi connectivity index (χ4n) is 2.65. The normalized spacial score (nSPS) is 16.7. The highest BCUT2D eigenvalue weighted by molar-refractivity contribution is 5.78. The third-order valence-corrected chi connectivity index (χ3v) is 3.94. The molecule has 1 fully saturated rings. The standard InChI is InChI=1S/C17H27N3O/c1-17(2,9-8-15-6-4-3-5-7-15)19-16(21)14-20-12-10-18-11-13-20/h3-7,18H,8-14H2,1-2H3,(H,19,21). The molecule has 0 aliphatic carbocycles. The Hall–Kier alpha value is -1.39. The molecule has 0 spiro atoms. The van der Waals surface area contributed by atoms with E-state index in [4.69, 9.17) is 0 Å². The Balaban J connectivity index is 1.75. The second kappa shape index (κ2) is 7.57. The van der Waals surface area contributed by atoms with Gasteiger partial charge in [-0.3, -0.25) is 9.69 Å². The molecule has 116 valence electrons. The molecule has 2 rings (SSSR count). The number of nitrogens with zero attached hydrogens (tertiary/aromatic N) is 1. The maximum atomic E-state index is 12.2. The number of rotatable bonds is 6. The van der Waals surface area contributed by atoms with Crippen LogP contribution in [-0.2, 0) is 11.2 Å². The van der Waals surface area contributed by atoms with Gasteiger partial charge in [0, 0.05) is 31.7 Å². The molecule has 0 aromatic heterocycles. The van der Waals surface area contributed by atoms with Gasteiger partial charge in [0.05, 0.1) is 6.54 Å². The van der Waals surface area contributed by atoms with Crippen LogP contribution in [0.4, 0.5) is 0 Å². The lowest BCUT2D eigenvalue weighted by atomic mass is 9.95. The Kier molecular flexibility index (Phi) is 5.76. The zero-order valence-corrected chi connectivity index (χ0v) is 13.2. The Morgan fingerprint density at radius 1 is 1.24 bits per heavy atom. The molecule has 0 unspecified atom stereocenters. The van der Waals surface area contributed by atoms with Crippen molar-refractivity contribution in [2.45, 2.75) is 32.2 Å². The molecule has 4 heteroatoms. The average Bonchev–Trinajstić information content (AvgIpc) is 2.47. The summed E-state index contributed by atoms with van der Waals surface area (Å²) >= 11 is 0. The van der Waals surface area contributed by atoms with Gasteiger partial charge in [-0.25, -0.2) is 0 Å². The molecule has 1 aromatic rings. The number of hydrogen-bond donors (Lipinski definition) is 2. The van der Waals surface area contributed by atoms with E-state index in [9.17, 15) is 4.79 Å². The van der Waals surface area contributed by atoms with E-state index >= 15 is 0 Å². The van der Waals surface area contributed by atoms with E-state index in [1.54, 1.807) is 0 Å². The predicted octanol–water partition coefficient (Wildman–Crippen LogP) is 1.42. The summed E-state index contributed by atoms with van der Waals surface area (Å²) in [7, 11) is 0. The van der Waals surface area contributed by atoms with E-state index in [-0.39, 0.29) is 11.4 Å². The highest BCUT2D eigenvalue weighted by Crippen LogP contribution is 2.13. The summed E-state index contributed by atoms with van der Waals surface area (Å²) in [6.07, 6.45) is 1.94. The number of carbonyl (C=O) groups excluding carboxylic acids is 1. The third-order valence-electron chi connectivity index (χ3n) is 3.94. The van der Waals surface area contributed by atoms with Crippen molar-refractivity contribution in [1.29, 1.82) is 0 Å². The van der Waals surface area contributed by atoms with Gasteiger partial charge in [0.1, 0.15) is 0 Å². The van der Waals surface area contributed by atoms with E-state index in [1.165, 1.54) is 5.56 Å². The highest BCUT2D eigenvalue weighted by Gasteiger charge is 2.22. The highest BCUT2D eigenvalue weighted by atomic mass is 16.2. The SMILES string of the molecule is CC(C)(CCc1ccccc1)NC(=O)CN1CCNCC1. The van der Waals surface area contributed by atoms with Crippen molar-refractivity contribution in [3.8, 4) is 0 Å². The van der Waals surface area contributed by atoms with Gasteiger partial charge in [0.2, 0.25) is 5.91 Å². The number of piperazine rings is 1. The van der Waals surface area contributed by atoms with Crippen LogP contribution in [0.2, 0.25) is 0 Å². The van der Waals surface area contributed by atoms with Gasteiger partial charge < -0.3 is 10.6 Å². The first-order valence-corrected chi connectivity index (χ1v) is 7.83. The Bertz CT molecular complexity index is 439. The number of nitrogens with one attached hydrogen (secondary N) is 2. The van der Waals surface area contributed by atoms with Crippen LogP contribution in [0.25, 0.3) is 0 Å². The van der Waals surface area contributed by atoms with Gasteiger partial charge >= 0.3 is 0 Å². The van der Waals surface area contributed by atoms with Crippen molar-refractivity contribution in [3.05, 3.63) is 35.9 Å². The lowest BCUT2D eigenvalue weighted by molar-refractivity contribution is -0.124. The van der Waals surface area contributed by atoms with E-state index < -0.39 is 0 Å². The molecule has 1 saturated heterocycles. The van der Waals surface area contributed by atoms with E-state index in [0.717, 1.165) is 39.0 Å². The van der Waals surface area contributed by atoms with Gasteiger partial charge in [-0.15, -0.1) is 0 Å². The van der Waals surface area contributed by atoms with Crippen LogP contribution in [0.15, 0.2) is 30.3 Å². The van der Waals surface area contributed by atoms with E-state index in [0.29, 0.717) is 6.54 Å². The molecule has 21 heavy (non-hydrogen) atoms. The summed E-state index contributed by atoms with van der Waals surface area (Å²) in [6, 6.07) is 10.4. The molecule has 1 amide bonds. The minimum atomic E-state index is -0.166. The minimum Gasteiger partial charge on any atom is -0.350 e. The summed E-state index contributed by atoms with van der Waals surface area (Å²) < 4.78 is 0. The topological polar surface area (TPSA) is 44.4 Å². The molecule has 1 heterocycles.